The third kappa shape index (κ3) is 26.7. The molecule has 0 saturated carbocycles. The van der Waals surface area contributed by atoms with Gasteiger partial charge < -0.3 is 30.2 Å². The molecule has 0 radical (unpaired) electrons. The van der Waals surface area contributed by atoms with Crippen molar-refractivity contribution in [3.63, 3.8) is 0 Å². The van der Waals surface area contributed by atoms with Crippen molar-refractivity contribution in [3.8, 4) is 0 Å². The van der Waals surface area contributed by atoms with Crippen LogP contribution in [0, 0.1) is 5.92 Å². The molecular formula is C44H74N4O9S2Si. The number of unbranched alkanes of at least 4 members (excludes halogenated alkanes) is 9. The molecule has 0 unspecified atom stereocenters. The third-order valence-electron chi connectivity index (χ3n) is 8.94. The summed E-state index contributed by atoms with van der Waals surface area (Å²) in [5.41, 5.74) is -0.737. The van der Waals surface area contributed by atoms with Gasteiger partial charge in [-0.25, -0.2) is 14.6 Å². The number of allylic oxidation sites excluding steroid dienone is 2. The molecule has 0 aliphatic rings. The molecule has 3 N–H and O–H groups in total. The predicted octanol–water partition coefficient (Wildman–Crippen LogP) is 9.64. The first-order valence-electron chi connectivity index (χ1n) is 21.6. The fraction of sp³-hybridized carbons (Fsp3) is 0.705. The number of esters is 2. The Labute approximate surface area is 368 Å². The highest BCUT2D eigenvalue weighted by molar-refractivity contribution is 8.13. The van der Waals surface area contributed by atoms with E-state index in [4.69, 9.17) is 14.2 Å². The van der Waals surface area contributed by atoms with Crippen LogP contribution in [-0.2, 0) is 39.9 Å². The second-order valence-corrected chi connectivity index (χ2v) is 25.1. The highest BCUT2D eigenvalue weighted by atomic mass is 32.2. The number of hydrogen-bond donors (Lipinski definition) is 3. The van der Waals surface area contributed by atoms with E-state index in [1.165, 1.54) is 68.2 Å². The van der Waals surface area contributed by atoms with Crippen LogP contribution in [0.5, 0.6) is 0 Å². The molecule has 3 amide bonds. The molecule has 0 aliphatic heterocycles. The third-order valence-corrected chi connectivity index (χ3v) is 12.5. The second kappa shape index (κ2) is 29.7. The van der Waals surface area contributed by atoms with Gasteiger partial charge in [0.15, 0.2) is 5.12 Å². The molecule has 2 atom stereocenters. The molecule has 1 aromatic heterocycles. The van der Waals surface area contributed by atoms with Gasteiger partial charge in [-0.1, -0.05) is 122 Å². The highest BCUT2D eigenvalue weighted by Gasteiger charge is 2.30. The predicted molar refractivity (Wildman–Crippen MR) is 244 cm³/mol. The maximum absolute atomic E-state index is 13.6. The molecule has 60 heavy (non-hydrogen) atoms. The zero-order valence-electron chi connectivity index (χ0n) is 38.0. The van der Waals surface area contributed by atoms with Gasteiger partial charge in [-0.3, -0.25) is 19.2 Å². The Morgan fingerprint density at radius 1 is 0.950 bits per heavy atom. The number of carbonyl (C=O) groups excluding carboxylic acids is 6. The maximum atomic E-state index is 13.6. The molecule has 13 nitrogen and oxygen atoms in total. The minimum atomic E-state index is -1.45. The van der Waals surface area contributed by atoms with Crippen molar-refractivity contribution in [1.29, 1.82) is 0 Å². The van der Waals surface area contributed by atoms with Gasteiger partial charge in [0.25, 0.3) is 11.8 Å². The van der Waals surface area contributed by atoms with E-state index in [-0.39, 0.29) is 36.1 Å². The molecule has 16 heteroatoms. The lowest BCUT2D eigenvalue weighted by atomic mass is 10.0. The van der Waals surface area contributed by atoms with Crippen LogP contribution in [0.4, 0.5) is 4.79 Å². The van der Waals surface area contributed by atoms with Crippen molar-refractivity contribution < 1.29 is 43.0 Å². The standard InChI is InChI=1S/C44H74N4O9S2Si/c1-11-13-14-15-16-17-18-19-20-21-25-38(50)58-27-23-22-24-33(29-37(49)55-26-28-60(8,9)10)56-42(53)39(32(3)4)48-40(51)34(12-2)47-41(52)35-31-59-36(46-35)30-45-43(54)57-44(5,6)7/h12,22,24,31-33,39H,11,13-21,23,25-30H2,1-10H3,(H,45,54)(H,47,52)(H,48,51)/b24-22+,34-12-/t33-,39+/m1/s1. The summed E-state index contributed by atoms with van der Waals surface area (Å²) in [7, 11) is -1.45. The van der Waals surface area contributed by atoms with E-state index in [1.54, 1.807) is 53.7 Å². The Kier molecular flexibility index (Phi) is 27.0. The minimum absolute atomic E-state index is 0.0381. The van der Waals surface area contributed by atoms with Crippen molar-refractivity contribution in [2.24, 2.45) is 5.92 Å². The molecule has 1 aromatic rings. The summed E-state index contributed by atoms with van der Waals surface area (Å²) < 4.78 is 16.5. The first-order chi connectivity index (χ1) is 28.2. The first-order valence-corrected chi connectivity index (χ1v) is 27.2. The molecule has 0 bridgehead atoms. The Morgan fingerprint density at radius 3 is 2.17 bits per heavy atom. The van der Waals surface area contributed by atoms with E-state index in [2.05, 4.69) is 47.5 Å². The van der Waals surface area contributed by atoms with Gasteiger partial charge >= 0.3 is 18.0 Å². The summed E-state index contributed by atoms with van der Waals surface area (Å²) >= 11 is 2.44. The number of ether oxygens (including phenoxy) is 3. The molecule has 0 aliphatic carbocycles. The average molecular weight is 895 g/mol. The number of carbonyl (C=O) groups is 6. The van der Waals surface area contributed by atoms with Gasteiger partial charge in [-0.15, -0.1) is 11.3 Å². The van der Waals surface area contributed by atoms with Crippen LogP contribution < -0.4 is 16.0 Å². The lowest BCUT2D eigenvalue weighted by Gasteiger charge is -2.24. The maximum Gasteiger partial charge on any atom is 0.408 e. The summed E-state index contributed by atoms with van der Waals surface area (Å²) in [5.74, 6) is -2.50. The van der Waals surface area contributed by atoms with Crippen molar-refractivity contribution in [3.05, 3.63) is 40.0 Å². The van der Waals surface area contributed by atoms with Crippen molar-refractivity contribution in [2.45, 2.75) is 182 Å². The number of amides is 3. The number of nitrogens with zero attached hydrogens (tertiary/aromatic N) is 1. The molecule has 0 spiro atoms. The van der Waals surface area contributed by atoms with Gasteiger partial charge in [0.05, 0.1) is 19.6 Å². The van der Waals surface area contributed by atoms with Gasteiger partial charge in [0, 0.05) is 25.6 Å². The van der Waals surface area contributed by atoms with Crippen molar-refractivity contribution in [1.82, 2.24) is 20.9 Å². The molecule has 1 heterocycles. The van der Waals surface area contributed by atoms with E-state index < -0.39 is 61.6 Å². The van der Waals surface area contributed by atoms with Crippen molar-refractivity contribution >= 4 is 66.1 Å². The monoisotopic (exact) mass is 894 g/mol. The van der Waals surface area contributed by atoms with Crippen LogP contribution >= 0.6 is 23.1 Å². The number of rotatable bonds is 29. The fourth-order valence-electron chi connectivity index (χ4n) is 5.50. The molecule has 0 fully saturated rings. The van der Waals surface area contributed by atoms with E-state index in [0.29, 0.717) is 23.6 Å². The van der Waals surface area contributed by atoms with Crippen LogP contribution in [0.15, 0.2) is 29.3 Å². The van der Waals surface area contributed by atoms with Gasteiger partial charge in [0.1, 0.15) is 34.1 Å². The van der Waals surface area contributed by atoms with Gasteiger partial charge in [0.2, 0.25) is 0 Å². The zero-order chi connectivity index (χ0) is 45.1. The van der Waals surface area contributed by atoms with E-state index in [1.807, 2.05) is 0 Å². The normalized spacial score (nSPS) is 13.2. The van der Waals surface area contributed by atoms with Crippen LogP contribution in [0.1, 0.15) is 147 Å². The number of alkyl carbamates (subject to hydrolysis) is 1. The largest absolute Gasteiger partial charge is 0.466 e. The van der Waals surface area contributed by atoms with Crippen LogP contribution in [0.3, 0.4) is 0 Å². The van der Waals surface area contributed by atoms with E-state index in [0.717, 1.165) is 36.6 Å². The number of nitrogens with one attached hydrogen (secondary N) is 3. The topological polar surface area (TPSA) is 179 Å². The summed E-state index contributed by atoms with van der Waals surface area (Å²) in [6.45, 7) is 19.4. The Morgan fingerprint density at radius 2 is 1.58 bits per heavy atom. The van der Waals surface area contributed by atoms with E-state index >= 15 is 0 Å². The number of thioether (sulfide) groups is 1. The number of hydrogen-bond acceptors (Lipinski definition) is 12. The lowest BCUT2D eigenvalue weighted by Crippen LogP contribution is -2.48. The Balaban J connectivity index is 2.81. The number of aromatic nitrogens is 1. The van der Waals surface area contributed by atoms with Crippen LogP contribution in [0.25, 0.3) is 0 Å². The second-order valence-electron chi connectivity index (χ2n) is 17.4. The first kappa shape index (κ1) is 54.5. The molecular weight excluding hydrogens is 821 g/mol. The Bertz CT molecular complexity index is 1550. The number of thiazole rings is 1. The molecule has 340 valence electrons. The SMILES string of the molecule is C/C=C(\NC(=O)c1csc(CNC(=O)OC(C)(C)C)n1)C(=O)N[C@H](C(=O)O[C@H](/C=C/CCSC(=O)CCCCCCCCCCCC)CC(=O)OCC[Si](C)(C)C)C(C)C. The molecule has 0 saturated heterocycles. The van der Waals surface area contributed by atoms with Crippen molar-refractivity contribution in [2.75, 3.05) is 12.4 Å². The Hall–Kier alpha value is -3.50. The average Bonchev–Trinajstić information content (AvgIpc) is 3.63. The van der Waals surface area contributed by atoms with Crippen LogP contribution in [-0.4, -0.2) is 78.1 Å². The fourth-order valence-corrected chi connectivity index (χ4v) is 7.70. The van der Waals surface area contributed by atoms with Gasteiger partial charge in [-0.05, 0) is 58.6 Å². The summed E-state index contributed by atoms with van der Waals surface area (Å²) in [6, 6.07) is -0.323. The molecule has 0 aromatic carbocycles. The quantitative estimate of drug-likeness (QED) is 0.0174. The smallest absolute Gasteiger partial charge is 0.408 e. The van der Waals surface area contributed by atoms with Gasteiger partial charge in [-0.2, -0.15) is 0 Å². The summed E-state index contributed by atoms with van der Waals surface area (Å²) in [4.78, 5) is 81.6. The zero-order valence-corrected chi connectivity index (χ0v) is 40.6. The highest BCUT2D eigenvalue weighted by Crippen LogP contribution is 2.17. The summed E-state index contributed by atoms with van der Waals surface area (Å²) in [6.07, 6.45) is 16.3. The minimum Gasteiger partial charge on any atom is -0.466 e. The van der Waals surface area contributed by atoms with E-state index in [9.17, 15) is 28.8 Å². The summed E-state index contributed by atoms with van der Waals surface area (Å²) in [5, 5.41) is 9.91. The lowest BCUT2D eigenvalue weighted by molar-refractivity contribution is -0.156. The molecule has 1 rings (SSSR count). The van der Waals surface area contributed by atoms with Crippen LogP contribution in [0.2, 0.25) is 25.7 Å².